The van der Waals surface area contributed by atoms with Crippen molar-refractivity contribution in [3.8, 4) is 0 Å². The molecule has 10 aromatic rings. The summed E-state index contributed by atoms with van der Waals surface area (Å²) in [4.78, 5) is 22.2. The number of nitrogens with zero attached hydrogens (tertiary/aromatic N) is 12. The van der Waals surface area contributed by atoms with Gasteiger partial charge in [0.15, 0.2) is 0 Å². The predicted molar refractivity (Wildman–Crippen MR) is 337 cm³/mol. The summed E-state index contributed by atoms with van der Waals surface area (Å²) in [7, 11) is 0. The van der Waals surface area contributed by atoms with Gasteiger partial charge in [-0.15, -0.1) is 0 Å². The number of fused-ring (bicyclic) bond motifs is 4. The molecule has 4 aliphatic rings. The largest absolute Gasteiger partial charge is 0.421 e. The van der Waals surface area contributed by atoms with Gasteiger partial charge in [0, 0.05) is 48.9 Å². The number of halogens is 16. The molecule has 0 radical (unpaired) electrons. The Balaban J connectivity index is 0.000000174. The Hall–Kier alpha value is -10.5. The molecule has 0 bridgehead atoms. The van der Waals surface area contributed by atoms with Crippen LogP contribution >= 0.6 is 0 Å². The van der Waals surface area contributed by atoms with Crippen molar-refractivity contribution < 1.29 is 70.2 Å². The number of benzene rings is 6. The highest BCUT2D eigenvalue weighted by molar-refractivity contribution is 6.86. The first-order chi connectivity index (χ1) is 46.2. The summed E-state index contributed by atoms with van der Waals surface area (Å²) < 4.78 is 240. The molecule has 4 aromatic heterocycles. The maximum absolute atomic E-state index is 15.5. The smallest absolute Gasteiger partial charge is 0.391 e. The van der Waals surface area contributed by atoms with Crippen molar-refractivity contribution in [2.24, 2.45) is 0 Å². The van der Waals surface area contributed by atoms with Crippen LogP contribution < -0.4 is 60.3 Å². The molecule has 0 unspecified atom stereocenters. The van der Waals surface area contributed by atoms with Crippen LogP contribution in [-0.2, 0) is 0 Å². The third-order valence-electron chi connectivity index (χ3n) is 17.3. The highest BCUT2D eigenvalue weighted by Crippen LogP contribution is 2.52. The van der Waals surface area contributed by atoms with Gasteiger partial charge in [0.05, 0.1) is 22.7 Å². The molecular formula is C64H44B4F16N12. The van der Waals surface area contributed by atoms with Gasteiger partial charge in [0.1, 0.15) is 22.7 Å². The Labute approximate surface area is 538 Å². The zero-order valence-electron chi connectivity index (χ0n) is 50.4. The Morgan fingerprint density at radius 3 is 0.552 bits per heavy atom. The Morgan fingerprint density at radius 1 is 0.229 bits per heavy atom. The summed E-state index contributed by atoms with van der Waals surface area (Å²) in [5.41, 5.74) is -0.154. The number of aromatic nitrogens is 4. The fraction of sp³-hybridized carbons (Fsp3) is 0.125. The minimum Gasteiger partial charge on any atom is -0.391 e. The average Bonchev–Trinajstić information content (AvgIpc) is 1.56. The normalized spacial score (nSPS) is 14.0. The highest BCUT2D eigenvalue weighted by atomic mass is 19.2. The monoisotopic (exact) mass is 1330 g/mol. The molecule has 0 saturated carbocycles. The number of anilines is 12. The predicted octanol–water partition coefficient (Wildman–Crippen LogP) is 12.7. The van der Waals surface area contributed by atoms with Gasteiger partial charge in [-0.1, -0.05) is 97.1 Å². The number of para-hydroxylation sites is 8. The Kier molecular flexibility index (Phi) is 16.7. The van der Waals surface area contributed by atoms with Crippen molar-refractivity contribution in [2.45, 2.75) is 27.7 Å². The molecule has 96 heavy (non-hydrogen) atoms. The quantitative estimate of drug-likeness (QED) is 0.0664. The summed E-state index contributed by atoms with van der Waals surface area (Å²) in [6, 6.07) is 39.1. The molecule has 32 heteroatoms. The summed E-state index contributed by atoms with van der Waals surface area (Å²) >= 11 is 0. The molecule has 4 aliphatic heterocycles. The molecule has 0 spiro atoms. The second-order valence-corrected chi connectivity index (χ2v) is 22.1. The molecule has 12 nitrogen and oxygen atoms in total. The number of rotatable bonds is 12. The molecule has 0 fully saturated rings. The van der Waals surface area contributed by atoms with E-state index in [1.807, 2.05) is 76.2 Å². The lowest BCUT2D eigenvalue weighted by Gasteiger charge is -2.31. The fourth-order valence-corrected chi connectivity index (χ4v) is 13.4. The van der Waals surface area contributed by atoms with Crippen LogP contribution in [0.4, 0.5) is 138 Å². The van der Waals surface area contributed by atoms with Gasteiger partial charge < -0.3 is 38.5 Å². The number of pyridine rings is 4. The van der Waals surface area contributed by atoms with Gasteiger partial charge in [-0.05, 0) is 98.1 Å². The first-order valence-electron chi connectivity index (χ1n) is 29.8. The summed E-state index contributed by atoms with van der Waals surface area (Å²) in [6.07, 6.45) is 0. The Morgan fingerprint density at radius 2 is 0.385 bits per heavy atom. The SMILES string of the molecule is CCN1B(c2ccc(B3N(c4c(F)c(F)nc(F)c4F)c4ccccc4N3c3c(F)c(F)nc(F)c3F)cc2)N(CC)c2ccccc21.CCN1B(c2ccc(B3N(c4c(F)c(F)nc(F)c4F)c4ccccc4N3c3c(F)c(F)nc(F)c3F)cc2)N(CC)c2ccccc21. The Bertz CT molecular complexity index is 4090. The lowest BCUT2D eigenvalue weighted by atomic mass is 9.61. The van der Waals surface area contributed by atoms with Gasteiger partial charge in [0.25, 0.3) is 47.6 Å². The van der Waals surface area contributed by atoms with E-state index in [1.165, 1.54) is 72.8 Å². The van der Waals surface area contributed by atoms with E-state index in [0.29, 0.717) is 26.2 Å². The van der Waals surface area contributed by atoms with Gasteiger partial charge in [-0.3, -0.25) is 0 Å². The van der Waals surface area contributed by atoms with Crippen LogP contribution in [0.1, 0.15) is 27.7 Å². The van der Waals surface area contributed by atoms with Gasteiger partial charge in [-0.25, -0.2) is 0 Å². The van der Waals surface area contributed by atoms with E-state index >= 15 is 35.1 Å². The van der Waals surface area contributed by atoms with Gasteiger partial charge in [-0.2, -0.15) is 90.2 Å². The molecule has 0 atom stereocenters. The lowest BCUT2D eigenvalue weighted by molar-refractivity contribution is 0.409. The standard InChI is InChI=1S/2C32H22B2F8N6/c2*1-3-45-19-9-5-6-10-20(19)46(4-2)33(45)17-13-15-18(16-14-17)34-47(27-23(35)29(39)43-30(40)24(27)36)21-11-7-8-12-22(21)48(34)28-25(37)31(41)44-32(42)26(28)38/h2*5-16H,3-4H2,1-2H3. The van der Waals surface area contributed by atoms with E-state index in [4.69, 9.17) is 0 Å². The van der Waals surface area contributed by atoms with E-state index in [-0.39, 0.29) is 47.6 Å². The number of hydrogen-bond donors (Lipinski definition) is 0. The van der Waals surface area contributed by atoms with Crippen molar-refractivity contribution in [3.63, 3.8) is 0 Å². The van der Waals surface area contributed by atoms with Crippen molar-refractivity contribution >= 4 is 118 Å². The van der Waals surface area contributed by atoms with Crippen LogP contribution in [0.25, 0.3) is 0 Å². The van der Waals surface area contributed by atoms with Gasteiger partial charge in [0.2, 0.25) is 46.5 Å². The van der Waals surface area contributed by atoms with E-state index in [9.17, 15) is 35.1 Å². The molecular weight excluding hydrogens is 1280 g/mol. The van der Waals surface area contributed by atoms with E-state index in [1.54, 1.807) is 24.3 Å². The maximum atomic E-state index is 15.5. The lowest BCUT2D eigenvalue weighted by Crippen LogP contribution is -2.58. The molecule has 0 amide bonds. The van der Waals surface area contributed by atoms with Crippen LogP contribution in [0.5, 0.6) is 0 Å². The molecule has 0 saturated heterocycles. The molecule has 14 rings (SSSR count). The first-order valence-corrected chi connectivity index (χ1v) is 29.8. The topological polar surface area (TPSA) is 77.5 Å². The van der Waals surface area contributed by atoms with Crippen molar-refractivity contribution in [3.05, 3.63) is 240 Å². The summed E-state index contributed by atoms with van der Waals surface area (Å²) in [5, 5.41) is 0. The highest BCUT2D eigenvalue weighted by Gasteiger charge is 2.52. The minimum atomic E-state index is -1.98. The third-order valence-corrected chi connectivity index (χ3v) is 17.3. The minimum absolute atomic E-state index is 0.0874. The third kappa shape index (κ3) is 10.1. The van der Waals surface area contributed by atoms with Crippen LogP contribution in [0, 0.1) is 94.1 Å². The molecule has 484 valence electrons. The van der Waals surface area contributed by atoms with Crippen LogP contribution in [0.15, 0.2) is 146 Å². The van der Waals surface area contributed by atoms with Crippen LogP contribution in [0.3, 0.4) is 0 Å². The second-order valence-electron chi connectivity index (χ2n) is 22.1. The van der Waals surface area contributed by atoms with E-state index in [0.717, 1.165) is 52.9 Å². The second kappa shape index (κ2) is 25.0. The van der Waals surface area contributed by atoms with Crippen molar-refractivity contribution in [2.75, 3.05) is 64.7 Å². The number of hydrogen-bond acceptors (Lipinski definition) is 12. The van der Waals surface area contributed by atoms with E-state index < -0.39 is 131 Å². The summed E-state index contributed by atoms with van der Waals surface area (Å²) in [5.74, 6) is -31.0. The first kappa shape index (κ1) is 64.2. The fourth-order valence-electron chi connectivity index (χ4n) is 13.4. The molecule has 6 aromatic carbocycles. The van der Waals surface area contributed by atoms with Crippen molar-refractivity contribution in [1.82, 2.24) is 19.9 Å². The average molecular weight is 1330 g/mol. The zero-order chi connectivity index (χ0) is 68.0. The molecule has 0 N–H and O–H groups in total. The maximum Gasteiger partial charge on any atom is 0.421 e. The van der Waals surface area contributed by atoms with Crippen LogP contribution in [0.2, 0.25) is 0 Å². The van der Waals surface area contributed by atoms with Crippen LogP contribution in [-0.4, -0.2) is 74.0 Å². The molecule has 0 aliphatic carbocycles. The van der Waals surface area contributed by atoms with E-state index in [2.05, 4.69) is 39.2 Å². The summed E-state index contributed by atoms with van der Waals surface area (Å²) in [6.45, 7) is 6.47. The van der Waals surface area contributed by atoms with Crippen molar-refractivity contribution in [1.29, 1.82) is 0 Å². The molecule has 8 heterocycles. The van der Waals surface area contributed by atoms with Gasteiger partial charge >= 0.3 is 27.9 Å². The zero-order valence-corrected chi connectivity index (χ0v) is 50.4.